The lowest BCUT2D eigenvalue weighted by Gasteiger charge is -2.07. The minimum atomic E-state index is -0.472. The van der Waals surface area contributed by atoms with Crippen LogP contribution in [0.3, 0.4) is 0 Å². The molecule has 0 aliphatic rings. The smallest absolute Gasteiger partial charge is 0.338 e. The highest BCUT2D eigenvalue weighted by molar-refractivity contribution is 5.99. The van der Waals surface area contributed by atoms with Crippen LogP contribution in [0.2, 0.25) is 0 Å². The standard InChI is InChI=1S/C23H20N2O4/c1-28-23(27)21-10-6-5-9-19(21)15-24-25-22(26)16-29-20-13-11-18(12-14-20)17-7-3-2-4-8-17/h2-15H,16H2,1H3,(H,25,26)/b24-15-. The topological polar surface area (TPSA) is 77.0 Å². The molecule has 0 saturated heterocycles. The third-order valence-electron chi connectivity index (χ3n) is 4.09. The second kappa shape index (κ2) is 9.85. The van der Waals surface area contributed by atoms with E-state index < -0.39 is 11.9 Å². The minimum Gasteiger partial charge on any atom is -0.484 e. The monoisotopic (exact) mass is 388 g/mol. The second-order valence-corrected chi connectivity index (χ2v) is 6.05. The second-order valence-electron chi connectivity index (χ2n) is 6.05. The summed E-state index contributed by atoms with van der Waals surface area (Å²) in [6, 6.07) is 24.3. The van der Waals surface area contributed by atoms with Crippen LogP contribution in [-0.2, 0) is 9.53 Å². The van der Waals surface area contributed by atoms with Crippen molar-refractivity contribution in [3.8, 4) is 16.9 Å². The minimum absolute atomic E-state index is 0.180. The number of rotatable bonds is 7. The normalized spacial score (nSPS) is 10.5. The van der Waals surface area contributed by atoms with Gasteiger partial charge in [-0.3, -0.25) is 4.79 Å². The molecule has 1 amide bonds. The molecule has 0 aliphatic heterocycles. The Labute approximate surface area is 168 Å². The summed E-state index contributed by atoms with van der Waals surface area (Å²) in [5.41, 5.74) is 5.45. The molecule has 0 radical (unpaired) electrons. The number of hydrogen-bond donors (Lipinski definition) is 1. The van der Waals surface area contributed by atoms with Gasteiger partial charge in [-0.05, 0) is 29.3 Å². The van der Waals surface area contributed by atoms with Crippen LogP contribution in [0.25, 0.3) is 11.1 Å². The number of carbonyl (C=O) groups excluding carboxylic acids is 2. The van der Waals surface area contributed by atoms with Crippen molar-refractivity contribution in [3.05, 3.63) is 90.0 Å². The number of nitrogens with zero attached hydrogens (tertiary/aromatic N) is 1. The zero-order chi connectivity index (χ0) is 20.5. The lowest BCUT2D eigenvalue weighted by atomic mass is 10.1. The van der Waals surface area contributed by atoms with Gasteiger partial charge in [0.05, 0.1) is 18.9 Å². The zero-order valence-electron chi connectivity index (χ0n) is 15.9. The van der Waals surface area contributed by atoms with Crippen LogP contribution >= 0.6 is 0 Å². The number of benzene rings is 3. The van der Waals surface area contributed by atoms with Crippen LogP contribution in [0.5, 0.6) is 5.75 Å². The molecule has 3 aromatic rings. The van der Waals surface area contributed by atoms with Crippen LogP contribution in [0.4, 0.5) is 0 Å². The summed E-state index contributed by atoms with van der Waals surface area (Å²) in [7, 11) is 1.31. The van der Waals surface area contributed by atoms with Gasteiger partial charge in [0.1, 0.15) is 5.75 Å². The highest BCUT2D eigenvalue weighted by Crippen LogP contribution is 2.21. The summed E-state index contributed by atoms with van der Waals surface area (Å²) >= 11 is 0. The van der Waals surface area contributed by atoms with Gasteiger partial charge in [-0.25, -0.2) is 10.2 Å². The average Bonchev–Trinajstić information content (AvgIpc) is 2.78. The Morgan fingerprint density at radius 2 is 1.55 bits per heavy atom. The molecule has 0 heterocycles. The van der Waals surface area contributed by atoms with E-state index in [0.29, 0.717) is 16.9 Å². The first-order chi connectivity index (χ1) is 14.2. The van der Waals surface area contributed by atoms with Gasteiger partial charge in [0.2, 0.25) is 0 Å². The van der Waals surface area contributed by atoms with Crippen LogP contribution < -0.4 is 10.2 Å². The molecule has 6 nitrogen and oxygen atoms in total. The van der Waals surface area contributed by atoms with Gasteiger partial charge in [0.15, 0.2) is 6.61 Å². The van der Waals surface area contributed by atoms with Crippen molar-refractivity contribution < 1.29 is 19.1 Å². The van der Waals surface area contributed by atoms with E-state index >= 15 is 0 Å². The molecule has 29 heavy (non-hydrogen) atoms. The summed E-state index contributed by atoms with van der Waals surface area (Å²) in [4.78, 5) is 23.6. The molecule has 6 heteroatoms. The fraction of sp³-hybridized carbons (Fsp3) is 0.0870. The largest absolute Gasteiger partial charge is 0.484 e. The molecule has 146 valence electrons. The Hall–Kier alpha value is -3.93. The van der Waals surface area contributed by atoms with Gasteiger partial charge >= 0.3 is 5.97 Å². The predicted molar refractivity (Wildman–Crippen MR) is 111 cm³/mol. The number of methoxy groups -OCH3 is 1. The first-order valence-electron chi connectivity index (χ1n) is 8.95. The predicted octanol–water partition coefficient (Wildman–Crippen LogP) is 3.67. The molecule has 3 rings (SSSR count). The molecule has 0 aromatic heterocycles. The summed E-state index contributed by atoms with van der Waals surface area (Å²) in [5, 5.41) is 3.87. The number of carbonyl (C=O) groups is 2. The van der Waals surface area contributed by atoms with Crippen molar-refractivity contribution in [3.63, 3.8) is 0 Å². The molecule has 1 N–H and O–H groups in total. The number of esters is 1. The molecule has 0 spiro atoms. The summed E-state index contributed by atoms with van der Waals surface area (Å²) in [6.07, 6.45) is 1.39. The lowest BCUT2D eigenvalue weighted by Crippen LogP contribution is -2.24. The van der Waals surface area contributed by atoms with Crippen molar-refractivity contribution >= 4 is 18.1 Å². The number of nitrogens with one attached hydrogen (secondary N) is 1. The van der Waals surface area contributed by atoms with Crippen molar-refractivity contribution in [2.75, 3.05) is 13.7 Å². The summed E-state index contributed by atoms with van der Waals surface area (Å²) < 4.78 is 10.2. The molecule has 0 saturated carbocycles. The maximum atomic E-state index is 11.9. The Morgan fingerprint density at radius 3 is 2.28 bits per heavy atom. The fourth-order valence-electron chi connectivity index (χ4n) is 2.63. The third-order valence-corrected chi connectivity index (χ3v) is 4.09. The number of hydrazone groups is 1. The maximum Gasteiger partial charge on any atom is 0.338 e. The first-order valence-corrected chi connectivity index (χ1v) is 8.95. The highest BCUT2D eigenvalue weighted by Gasteiger charge is 2.09. The van der Waals surface area contributed by atoms with Crippen molar-refractivity contribution in [1.82, 2.24) is 5.43 Å². The molecule has 0 atom stereocenters. The maximum absolute atomic E-state index is 11.9. The lowest BCUT2D eigenvalue weighted by molar-refractivity contribution is -0.123. The quantitative estimate of drug-likeness (QED) is 0.381. The van der Waals surface area contributed by atoms with Crippen molar-refractivity contribution in [2.24, 2.45) is 5.10 Å². The van der Waals surface area contributed by atoms with Gasteiger partial charge < -0.3 is 9.47 Å². The van der Waals surface area contributed by atoms with E-state index in [2.05, 4.69) is 10.5 Å². The molecule has 0 bridgehead atoms. The van der Waals surface area contributed by atoms with Gasteiger partial charge in [0, 0.05) is 5.56 Å². The number of amides is 1. The van der Waals surface area contributed by atoms with E-state index in [1.807, 2.05) is 54.6 Å². The van der Waals surface area contributed by atoms with Crippen LogP contribution in [0.15, 0.2) is 84.0 Å². The Kier molecular flexibility index (Phi) is 6.73. The van der Waals surface area contributed by atoms with Gasteiger partial charge in [-0.1, -0.05) is 60.7 Å². The molecular formula is C23H20N2O4. The van der Waals surface area contributed by atoms with Gasteiger partial charge in [-0.15, -0.1) is 0 Å². The highest BCUT2D eigenvalue weighted by atomic mass is 16.5. The molecule has 3 aromatic carbocycles. The summed E-state index contributed by atoms with van der Waals surface area (Å²) in [5.74, 6) is -0.301. The van der Waals surface area contributed by atoms with E-state index in [0.717, 1.165) is 11.1 Å². The zero-order valence-corrected chi connectivity index (χ0v) is 15.9. The Morgan fingerprint density at radius 1 is 0.897 bits per heavy atom. The van der Waals surface area contributed by atoms with Crippen LogP contribution in [-0.4, -0.2) is 31.8 Å². The average molecular weight is 388 g/mol. The van der Waals surface area contributed by atoms with Crippen molar-refractivity contribution in [1.29, 1.82) is 0 Å². The Balaban J connectivity index is 1.52. The van der Waals surface area contributed by atoms with Crippen LogP contribution in [0.1, 0.15) is 15.9 Å². The van der Waals surface area contributed by atoms with E-state index in [1.165, 1.54) is 13.3 Å². The van der Waals surface area contributed by atoms with E-state index in [9.17, 15) is 9.59 Å². The first kappa shape index (κ1) is 19.8. The van der Waals surface area contributed by atoms with E-state index in [4.69, 9.17) is 9.47 Å². The Bertz CT molecular complexity index is 999. The van der Waals surface area contributed by atoms with Crippen LogP contribution in [0, 0.1) is 0 Å². The molecular weight excluding hydrogens is 368 g/mol. The molecule has 0 aliphatic carbocycles. The number of hydrogen-bond acceptors (Lipinski definition) is 5. The van der Waals surface area contributed by atoms with E-state index in [-0.39, 0.29) is 6.61 Å². The SMILES string of the molecule is COC(=O)c1ccccc1/C=N\NC(=O)COc1ccc(-c2ccccc2)cc1. The molecule has 0 fully saturated rings. The molecule has 0 unspecified atom stereocenters. The number of ether oxygens (including phenoxy) is 2. The van der Waals surface area contributed by atoms with E-state index in [1.54, 1.807) is 24.3 Å². The van der Waals surface area contributed by atoms with Gasteiger partial charge in [-0.2, -0.15) is 5.10 Å². The fourth-order valence-corrected chi connectivity index (χ4v) is 2.63. The summed E-state index contributed by atoms with van der Waals surface area (Å²) in [6.45, 7) is -0.180. The van der Waals surface area contributed by atoms with Crippen molar-refractivity contribution in [2.45, 2.75) is 0 Å². The third kappa shape index (κ3) is 5.52. The van der Waals surface area contributed by atoms with Gasteiger partial charge in [0.25, 0.3) is 5.91 Å².